The maximum Gasteiger partial charge on any atom is 0.139 e. The van der Waals surface area contributed by atoms with Gasteiger partial charge in [0, 0.05) is 11.8 Å². The van der Waals surface area contributed by atoms with Crippen molar-refractivity contribution in [2.24, 2.45) is 28.6 Å². The lowest BCUT2D eigenvalue weighted by Crippen LogP contribution is -2.50. The molecular weight excluding hydrogens is 244 g/mol. The number of hydrogen-bond acceptors (Lipinski definition) is 1. The van der Waals surface area contributed by atoms with Gasteiger partial charge >= 0.3 is 0 Å². The van der Waals surface area contributed by atoms with E-state index in [4.69, 9.17) is 0 Å². The molecule has 3 saturated carbocycles. The van der Waals surface area contributed by atoms with Crippen LogP contribution in [0.5, 0.6) is 0 Å². The number of carbonyl (C=O) groups is 1. The summed E-state index contributed by atoms with van der Waals surface area (Å²) in [5, 5.41) is 0. The minimum atomic E-state index is 0.0490. The van der Waals surface area contributed by atoms with Gasteiger partial charge in [0.15, 0.2) is 0 Å². The summed E-state index contributed by atoms with van der Waals surface area (Å²) >= 11 is 0. The summed E-state index contributed by atoms with van der Waals surface area (Å²) in [6.07, 6.45) is 13.8. The highest BCUT2D eigenvalue weighted by Crippen LogP contribution is 2.64. The van der Waals surface area contributed by atoms with Crippen molar-refractivity contribution in [3.05, 3.63) is 11.6 Å². The molecule has 0 saturated heterocycles. The van der Waals surface area contributed by atoms with Crippen LogP contribution in [0, 0.1) is 28.6 Å². The monoisotopic (exact) mass is 272 g/mol. The SMILES string of the molecule is C[C@]12CCCC=C1CC[C@@H]1[C@@H]2CC[C@]2(C)C(=O)CC[C@@H]12. The molecule has 5 atom stereocenters. The molecule has 1 nitrogen and oxygen atoms in total. The molecule has 4 rings (SSSR count). The van der Waals surface area contributed by atoms with Gasteiger partial charge in [0.25, 0.3) is 0 Å². The molecule has 0 aromatic carbocycles. The topological polar surface area (TPSA) is 17.1 Å². The van der Waals surface area contributed by atoms with Crippen molar-refractivity contribution in [1.29, 1.82) is 0 Å². The van der Waals surface area contributed by atoms with Crippen LogP contribution in [0.2, 0.25) is 0 Å². The Morgan fingerprint density at radius 1 is 1.00 bits per heavy atom. The van der Waals surface area contributed by atoms with E-state index in [1.807, 2.05) is 0 Å². The van der Waals surface area contributed by atoms with E-state index in [0.29, 0.717) is 17.1 Å². The Kier molecular flexibility index (Phi) is 2.76. The third kappa shape index (κ3) is 1.53. The van der Waals surface area contributed by atoms with Gasteiger partial charge in [-0.2, -0.15) is 0 Å². The quantitative estimate of drug-likeness (QED) is 0.573. The second-order valence-electron chi connectivity index (χ2n) is 8.37. The molecule has 20 heavy (non-hydrogen) atoms. The predicted molar refractivity (Wildman–Crippen MR) is 81.3 cm³/mol. The lowest BCUT2D eigenvalue weighted by atomic mass is 9.47. The highest BCUT2D eigenvalue weighted by molar-refractivity contribution is 5.87. The summed E-state index contributed by atoms with van der Waals surface area (Å²) in [6, 6.07) is 0. The summed E-state index contributed by atoms with van der Waals surface area (Å²) in [4.78, 5) is 12.4. The van der Waals surface area contributed by atoms with Crippen LogP contribution in [0.3, 0.4) is 0 Å². The molecule has 1 heteroatoms. The summed E-state index contributed by atoms with van der Waals surface area (Å²) in [6.45, 7) is 4.84. The smallest absolute Gasteiger partial charge is 0.139 e. The van der Waals surface area contributed by atoms with Gasteiger partial charge in [0.2, 0.25) is 0 Å². The molecule has 0 heterocycles. The van der Waals surface area contributed by atoms with Gasteiger partial charge in [-0.15, -0.1) is 0 Å². The Morgan fingerprint density at radius 2 is 1.80 bits per heavy atom. The van der Waals surface area contributed by atoms with E-state index in [9.17, 15) is 4.79 Å². The molecule has 0 aliphatic heterocycles. The first-order valence-corrected chi connectivity index (χ1v) is 8.78. The number of rotatable bonds is 0. The van der Waals surface area contributed by atoms with Crippen LogP contribution in [0.1, 0.15) is 71.6 Å². The van der Waals surface area contributed by atoms with E-state index in [1.54, 1.807) is 5.57 Å². The fourth-order valence-electron chi connectivity index (χ4n) is 6.52. The molecule has 0 radical (unpaired) electrons. The first-order valence-electron chi connectivity index (χ1n) is 8.78. The third-order valence-electron chi connectivity index (χ3n) is 7.74. The van der Waals surface area contributed by atoms with Crippen molar-refractivity contribution in [2.45, 2.75) is 71.6 Å². The van der Waals surface area contributed by atoms with Gasteiger partial charge in [-0.3, -0.25) is 4.79 Å². The zero-order valence-electron chi connectivity index (χ0n) is 13.1. The number of hydrogen-bond donors (Lipinski definition) is 0. The maximum absolute atomic E-state index is 12.4. The van der Waals surface area contributed by atoms with Gasteiger partial charge in [-0.1, -0.05) is 25.5 Å². The van der Waals surface area contributed by atoms with Crippen molar-refractivity contribution in [3.8, 4) is 0 Å². The summed E-state index contributed by atoms with van der Waals surface area (Å²) < 4.78 is 0. The van der Waals surface area contributed by atoms with Gasteiger partial charge in [0.1, 0.15) is 5.78 Å². The molecule has 0 N–H and O–H groups in total. The molecule has 0 amide bonds. The zero-order valence-corrected chi connectivity index (χ0v) is 13.1. The van der Waals surface area contributed by atoms with Crippen molar-refractivity contribution < 1.29 is 4.79 Å². The van der Waals surface area contributed by atoms with Crippen molar-refractivity contribution in [3.63, 3.8) is 0 Å². The second-order valence-corrected chi connectivity index (χ2v) is 8.37. The van der Waals surface area contributed by atoms with Gasteiger partial charge < -0.3 is 0 Å². The average Bonchev–Trinajstić information content (AvgIpc) is 2.74. The molecule has 0 aromatic heterocycles. The number of allylic oxidation sites excluding steroid dienone is 2. The normalized spacial score (nSPS) is 51.0. The maximum atomic E-state index is 12.4. The van der Waals surface area contributed by atoms with Crippen LogP contribution in [-0.4, -0.2) is 5.78 Å². The Balaban J connectivity index is 1.70. The first kappa shape index (κ1) is 13.1. The molecule has 110 valence electrons. The van der Waals surface area contributed by atoms with E-state index >= 15 is 0 Å². The van der Waals surface area contributed by atoms with Crippen molar-refractivity contribution in [2.75, 3.05) is 0 Å². The highest BCUT2D eigenvalue weighted by Gasteiger charge is 2.58. The minimum Gasteiger partial charge on any atom is -0.299 e. The van der Waals surface area contributed by atoms with E-state index in [0.717, 1.165) is 18.3 Å². The average molecular weight is 272 g/mol. The Hall–Kier alpha value is -0.590. The third-order valence-corrected chi connectivity index (χ3v) is 7.74. The Labute approximate surface area is 123 Å². The zero-order chi connectivity index (χ0) is 14.0. The molecule has 4 aliphatic carbocycles. The number of Topliss-reactive ketones (excluding diaryl/α,β-unsaturated/α-hetero) is 1. The van der Waals surface area contributed by atoms with Crippen LogP contribution >= 0.6 is 0 Å². The van der Waals surface area contributed by atoms with Gasteiger partial charge in [-0.05, 0) is 74.5 Å². The number of ketones is 1. The van der Waals surface area contributed by atoms with Crippen LogP contribution in [-0.2, 0) is 4.79 Å². The van der Waals surface area contributed by atoms with Crippen LogP contribution in [0.25, 0.3) is 0 Å². The van der Waals surface area contributed by atoms with Crippen LogP contribution in [0.15, 0.2) is 11.6 Å². The van der Waals surface area contributed by atoms with Gasteiger partial charge in [-0.25, -0.2) is 0 Å². The van der Waals surface area contributed by atoms with E-state index in [-0.39, 0.29) is 5.41 Å². The van der Waals surface area contributed by atoms with E-state index in [1.165, 1.54) is 51.4 Å². The van der Waals surface area contributed by atoms with E-state index in [2.05, 4.69) is 19.9 Å². The standard InChI is InChI=1S/C19H28O/c1-18-11-4-3-5-13(18)6-7-14-15-8-9-17(20)19(15,2)12-10-16(14)18/h5,14-16H,3-4,6-12H2,1-2H3/t14-,15-,16-,18-,19-/m0/s1. The Bertz CT molecular complexity index is 476. The first-order chi connectivity index (χ1) is 9.56. The van der Waals surface area contributed by atoms with Crippen molar-refractivity contribution in [1.82, 2.24) is 0 Å². The lowest BCUT2D eigenvalue weighted by Gasteiger charge is -2.57. The fraction of sp³-hybridized carbons (Fsp3) is 0.842. The molecule has 0 bridgehead atoms. The van der Waals surface area contributed by atoms with E-state index < -0.39 is 0 Å². The lowest BCUT2D eigenvalue weighted by molar-refractivity contribution is -0.132. The Morgan fingerprint density at radius 3 is 2.65 bits per heavy atom. The molecule has 3 fully saturated rings. The molecule has 0 aromatic rings. The summed E-state index contributed by atoms with van der Waals surface area (Å²) in [7, 11) is 0. The highest BCUT2D eigenvalue weighted by atomic mass is 16.1. The molecule has 4 aliphatic rings. The largest absolute Gasteiger partial charge is 0.299 e. The van der Waals surface area contributed by atoms with Crippen molar-refractivity contribution >= 4 is 5.78 Å². The summed E-state index contributed by atoms with van der Waals surface area (Å²) in [5.74, 6) is 2.98. The predicted octanol–water partition coefficient (Wildman–Crippen LogP) is 4.91. The second kappa shape index (κ2) is 4.21. The minimum absolute atomic E-state index is 0.0490. The van der Waals surface area contributed by atoms with Crippen LogP contribution in [0.4, 0.5) is 0 Å². The molecule has 0 spiro atoms. The molecule has 0 unspecified atom stereocenters. The number of carbonyl (C=O) groups excluding carboxylic acids is 1. The molecular formula is C19H28O. The van der Waals surface area contributed by atoms with Gasteiger partial charge in [0.05, 0.1) is 0 Å². The number of fused-ring (bicyclic) bond motifs is 5. The fourth-order valence-corrected chi connectivity index (χ4v) is 6.52. The summed E-state index contributed by atoms with van der Waals surface area (Å²) in [5.41, 5.74) is 2.31. The van der Waals surface area contributed by atoms with Crippen LogP contribution < -0.4 is 0 Å².